The van der Waals surface area contributed by atoms with Crippen molar-refractivity contribution in [3.63, 3.8) is 0 Å². The molecule has 0 aromatic heterocycles. The second-order valence-electron chi connectivity index (χ2n) is 5.99. The van der Waals surface area contributed by atoms with Crippen molar-refractivity contribution in [1.29, 1.82) is 0 Å². The number of rotatable bonds is 7. The molecular formula is C16H26N4O. The molecule has 0 aliphatic heterocycles. The number of primary amides is 1. The van der Waals surface area contributed by atoms with E-state index in [1.54, 1.807) is 0 Å². The molecule has 1 aromatic rings. The molecule has 1 aliphatic carbocycles. The monoisotopic (exact) mass is 290 g/mol. The van der Waals surface area contributed by atoms with E-state index in [0.717, 1.165) is 18.3 Å². The van der Waals surface area contributed by atoms with Crippen molar-refractivity contribution in [2.24, 2.45) is 5.73 Å². The SMILES string of the molecule is CC(NCC(C)N(C)C1CC1)c1ccc(NC(N)=O)cc1. The van der Waals surface area contributed by atoms with Crippen LogP contribution in [0.1, 0.15) is 38.3 Å². The number of nitrogens with zero attached hydrogens (tertiary/aromatic N) is 1. The summed E-state index contributed by atoms with van der Waals surface area (Å²) in [6.07, 6.45) is 2.68. The number of hydrogen-bond acceptors (Lipinski definition) is 3. The lowest BCUT2D eigenvalue weighted by molar-refractivity contribution is 0.237. The molecule has 2 unspecified atom stereocenters. The molecule has 5 nitrogen and oxygen atoms in total. The maximum atomic E-state index is 10.8. The van der Waals surface area contributed by atoms with E-state index >= 15 is 0 Å². The van der Waals surface area contributed by atoms with Gasteiger partial charge in [-0.1, -0.05) is 12.1 Å². The molecule has 0 radical (unpaired) electrons. The third-order valence-electron chi connectivity index (χ3n) is 4.22. The lowest BCUT2D eigenvalue weighted by atomic mass is 10.1. The molecule has 1 fully saturated rings. The van der Waals surface area contributed by atoms with Crippen molar-refractivity contribution < 1.29 is 4.79 Å². The fraction of sp³-hybridized carbons (Fsp3) is 0.562. The quantitative estimate of drug-likeness (QED) is 0.721. The van der Waals surface area contributed by atoms with Gasteiger partial charge in [-0.25, -0.2) is 4.79 Å². The Kier molecular flexibility index (Phi) is 5.20. The summed E-state index contributed by atoms with van der Waals surface area (Å²) in [5.74, 6) is 0. The minimum atomic E-state index is -0.536. The predicted octanol–water partition coefficient (Wildman–Crippen LogP) is 2.31. The van der Waals surface area contributed by atoms with Crippen LogP contribution in [0.3, 0.4) is 0 Å². The summed E-state index contributed by atoms with van der Waals surface area (Å²) in [5, 5.41) is 6.14. The van der Waals surface area contributed by atoms with Gasteiger partial charge in [-0.3, -0.25) is 4.90 Å². The average molecular weight is 290 g/mol. The van der Waals surface area contributed by atoms with E-state index in [2.05, 4.69) is 36.4 Å². The molecule has 1 aliphatic rings. The first-order chi connectivity index (χ1) is 9.97. The Morgan fingerprint density at radius 2 is 1.95 bits per heavy atom. The molecule has 4 N–H and O–H groups in total. The molecule has 0 bridgehead atoms. The number of amides is 2. The van der Waals surface area contributed by atoms with E-state index in [0.29, 0.717) is 6.04 Å². The van der Waals surface area contributed by atoms with E-state index in [1.807, 2.05) is 24.3 Å². The van der Waals surface area contributed by atoms with Crippen LogP contribution in [0.5, 0.6) is 0 Å². The van der Waals surface area contributed by atoms with Gasteiger partial charge < -0.3 is 16.4 Å². The summed E-state index contributed by atoms with van der Waals surface area (Å²) in [5.41, 5.74) is 7.02. The molecule has 5 heteroatoms. The number of anilines is 1. The third kappa shape index (κ3) is 4.72. The van der Waals surface area contributed by atoms with E-state index in [4.69, 9.17) is 5.73 Å². The average Bonchev–Trinajstić information content (AvgIpc) is 3.28. The van der Waals surface area contributed by atoms with Crippen LogP contribution < -0.4 is 16.4 Å². The van der Waals surface area contributed by atoms with Crippen molar-refractivity contribution in [1.82, 2.24) is 10.2 Å². The number of urea groups is 1. The molecule has 0 saturated heterocycles. The number of nitrogens with one attached hydrogen (secondary N) is 2. The van der Waals surface area contributed by atoms with Gasteiger partial charge in [-0.05, 0) is 51.4 Å². The minimum Gasteiger partial charge on any atom is -0.351 e. The van der Waals surface area contributed by atoms with Gasteiger partial charge in [0.2, 0.25) is 0 Å². The van der Waals surface area contributed by atoms with Gasteiger partial charge in [-0.15, -0.1) is 0 Å². The Hall–Kier alpha value is -1.59. The molecule has 1 saturated carbocycles. The van der Waals surface area contributed by atoms with Crippen LogP contribution in [0.25, 0.3) is 0 Å². The zero-order valence-electron chi connectivity index (χ0n) is 13.1. The van der Waals surface area contributed by atoms with Gasteiger partial charge in [0.25, 0.3) is 0 Å². The number of benzene rings is 1. The summed E-state index contributed by atoms with van der Waals surface area (Å²) in [6.45, 7) is 5.38. The van der Waals surface area contributed by atoms with Crippen molar-refractivity contribution >= 4 is 11.7 Å². The van der Waals surface area contributed by atoms with E-state index in [-0.39, 0.29) is 6.04 Å². The Balaban J connectivity index is 1.81. The summed E-state index contributed by atoms with van der Waals surface area (Å²) in [6, 6.07) is 8.84. The zero-order valence-corrected chi connectivity index (χ0v) is 13.1. The Morgan fingerprint density at radius 1 is 1.33 bits per heavy atom. The van der Waals surface area contributed by atoms with Gasteiger partial charge in [0.1, 0.15) is 0 Å². The van der Waals surface area contributed by atoms with Crippen LogP contribution in [-0.2, 0) is 0 Å². The summed E-state index contributed by atoms with van der Waals surface area (Å²) in [4.78, 5) is 13.2. The lowest BCUT2D eigenvalue weighted by Gasteiger charge is -2.26. The van der Waals surface area contributed by atoms with Gasteiger partial charge >= 0.3 is 6.03 Å². The van der Waals surface area contributed by atoms with Crippen LogP contribution in [0.4, 0.5) is 10.5 Å². The fourth-order valence-corrected chi connectivity index (χ4v) is 2.45. The summed E-state index contributed by atoms with van der Waals surface area (Å²) < 4.78 is 0. The minimum absolute atomic E-state index is 0.280. The van der Waals surface area contributed by atoms with E-state index in [9.17, 15) is 4.79 Å². The van der Waals surface area contributed by atoms with Crippen LogP contribution in [0.2, 0.25) is 0 Å². The maximum Gasteiger partial charge on any atom is 0.316 e. The molecule has 0 spiro atoms. The Bertz CT molecular complexity index is 470. The highest BCUT2D eigenvalue weighted by atomic mass is 16.2. The highest BCUT2D eigenvalue weighted by Crippen LogP contribution is 2.27. The molecule has 2 rings (SSSR count). The topological polar surface area (TPSA) is 70.4 Å². The Labute approximate surface area is 126 Å². The summed E-state index contributed by atoms with van der Waals surface area (Å²) >= 11 is 0. The lowest BCUT2D eigenvalue weighted by Crippen LogP contribution is -2.39. The van der Waals surface area contributed by atoms with Crippen molar-refractivity contribution in [2.45, 2.75) is 44.8 Å². The van der Waals surface area contributed by atoms with Gasteiger partial charge in [0.05, 0.1) is 0 Å². The summed E-state index contributed by atoms with van der Waals surface area (Å²) in [7, 11) is 2.21. The number of carbonyl (C=O) groups is 1. The predicted molar refractivity (Wildman–Crippen MR) is 86.3 cm³/mol. The highest BCUT2D eigenvalue weighted by Gasteiger charge is 2.28. The second kappa shape index (κ2) is 6.91. The van der Waals surface area contributed by atoms with Gasteiger partial charge in [-0.2, -0.15) is 0 Å². The molecule has 116 valence electrons. The van der Waals surface area contributed by atoms with Gasteiger partial charge in [0.15, 0.2) is 0 Å². The fourth-order valence-electron chi connectivity index (χ4n) is 2.45. The maximum absolute atomic E-state index is 10.8. The van der Waals surface area contributed by atoms with Crippen LogP contribution in [-0.4, -0.2) is 36.6 Å². The molecule has 0 heterocycles. The van der Waals surface area contributed by atoms with Crippen LogP contribution >= 0.6 is 0 Å². The number of carbonyl (C=O) groups excluding carboxylic acids is 1. The number of likely N-dealkylation sites (N-methyl/N-ethyl adjacent to an activating group) is 1. The molecule has 21 heavy (non-hydrogen) atoms. The first-order valence-electron chi connectivity index (χ1n) is 7.59. The van der Waals surface area contributed by atoms with Crippen molar-refractivity contribution in [3.05, 3.63) is 29.8 Å². The Morgan fingerprint density at radius 3 is 2.48 bits per heavy atom. The first-order valence-corrected chi connectivity index (χ1v) is 7.59. The van der Waals surface area contributed by atoms with Crippen LogP contribution in [0.15, 0.2) is 24.3 Å². The van der Waals surface area contributed by atoms with E-state index in [1.165, 1.54) is 18.4 Å². The van der Waals surface area contributed by atoms with Gasteiger partial charge in [0, 0.05) is 30.4 Å². The van der Waals surface area contributed by atoms with Crippen molar-refractivity contribution in [2.75, 3.05) is 18.9 Å². The molecule has 2 amide bonds. The number of hydrogen-bond donors (Lipinski definition) is 3. The van der Waals surface area contributed by atoms with Crippen LogP contribution in [0, 0.1) is 0 Å². The largest absolute Gasteiger partial charge is 0.351 e. The first kappa shape index (κ1) is 15.8. The normalized spacial score (nSPS) is 17.5. The smallest absolute Gasteiger partial charge is 0.316 e. The standard InChI is InChI=1S/C16H26N4O/c1-11(20(3)15-8-9-15)10-18-12(2)13-4-6-14(7-5-13)19-16(17)21/h4-7,11-12,15,18H,8-10H2,1-3H3,(H3,17,19,21). The molecule has 1 aromatic carbocycles. The molecular weight excluding hydrogens is 264 g/mol. The number of nitrogens with two attached hydrogens (primary N) is 1. The third-order valence-corrected chi connectivity index (χ3v) is 4.22. The molecule has 2 atom stereocenters. The second-order valence-corrected chi connectivity index (χ2v) is 5.99. The zero-order chi connectivity index (χ0) is 15.4. The highest BCUT2D eigenvalue weighted by molar-refractivity contribution is 5.87. The van der Waals surface area contributed by atoms with Crippen molar-refractivity contribution in [3.8, 4) is 0 Å². The van der Waals surface area contributed by atoms with E-state index < -0.39 is 6.03 Å².